The lowest BCUT2D eigenvalue weighted by Gasteiger charge is -2.08. The van der Waals surface area contributed by atoms with Crippen LogP contribution in [0, 0.1) is 0 Å². The first-order valence-electron chi connectivity index (χ1n) is 5.48. The van der Waals surface area contributed by atoms with Gasteiger partial charge in [0, 0.05) is 31.2 Å². The van der Waals surface area contributed by atoms with Crippen LogP contribution in [0.1, 0.15) is 26.0 Å². The predicted octanol–water partition coefficient (Wildman–Crippen LogP) is 0.954. The van der Waals surface area contributed by atoms with E-state index in [0.29, 0.717) is 6.04 Å². The van der Waals surface area contributed by atoms with E-state index in [0.717, 1.165) is 31.7 Å². The van der Waals surface area contributed by atoms with Crippen LogP contribution in [0.5, 0.6) is 0 Å². The highest BCUT2D eigenvalue weighted by atomic mass is 14.9. The summed E-state index contributed by atoms with van der Waals surface area (Å²) in [7, 11) is 0. The Kier molecular flexibility index (Phi) is 5.88. The van der Waals surface area contributed by atoms with Gasteiger partial charge in [0.1, 0.15) is 0 Å². The van der Waals surface area contributed by atoms with E-state index in [2.05, 4.69) is 34.4 Å². The third kappa shape index (κ3) is 6.14. The molecule has 1 rings (SSSR count). The number of nitrogens with zero attached hydrogens (tertiary/aromatic N) is 2. The Balaban J connectivity index is 1.98. The average Bonchev–Trinajstić information content (AvgIpc) is 2.24. The number of rotatable bonds is 7. The molecule has 0 unspecified atom stereocenters. The first kappa shape index (κ1) is 12.1. The Morgan fingerprint density at radius 1 is 1.27 bits per heavy atom. The van der Waals surface area contributed by atoms with E-state index < -0.39 is 0 Å². The molecule has 0 saturated carbocycles. The lowest BCUT2D eigenvalue weighted by atomic mass is 10.3. The zero-order valence-electron chi connectivity index (χ0n) is 9.53. The summed E-state index contributed by atoms with van der Waals surface area (Å²) in [6.07, 6.45) is 6.34. The summed E-state index contributed by atoms with van der Waals surface area (Å²) in [5, 5.41) is 6.71. The Hall–Kier alpha value is -1.00. The summed E-state index contributed by atoms with van der Waals surface area (Å²) >= 11 is 0. The minimum Gasteiger partial charge on any atom is -0.314 e. The largest absolute Gasteiger partial charge is 0.314 e. The predicted molar refractivity (Wildman–Crippen MR) is 61.5 cm³/mol. The van der Waals surface area contributed by atoms with Crippen molar-refractivity contribution >= 4 is 0 Å². The van der Waals surface area contributed by atoms with Crippen molar-refractivity contribution in [3.05, 3.63) is 24.3 Å². The van der Waals surface area contributed by atoms with E-state index in [9.17, 15) is 0 Å². The van der Waals surface area contributed by atoms with E-state index >= 15 is 0 Å². The monoisotopic (exact) mass is 208 g/mol. The maximum Gasteiger partial charge on any atom is 0.0724 e. The van der Waals surface area contributed by atoms with Gasteiger partial charge in [0.05, 0.1) is 5.69 Å². The van der Waals surface area contributed by atoms with Gasteiger partial charge in [-0.15, -0.1) is 0 Å². The molecule has 0 aromatic carbocycles. The van der Waals surface area contributed by atoms with Crippen LogP contribution >= 0.6 is 0 Å². The highest BCUT2D eigenvalue weighted by Crippen LogP contribution is 1.88. The zero-order chi connectivity index (χ0) is 10.9. The Bertz CT molecular complexity index is 248. The molecular weight excluding hydrogens is 188 g/mol. The van der Waals surface area contributed by atoms with Crippen LogP contribution in [0.15, 0.2) is 18.6 Å². The molecule has 0 atom stereocenters. The van der Waals surface area contributed by atoms with E-state index in [1.54, 1.807) is 18.6 Å². The van der Waals surface area contributed by atoms with E-state index in [1.165, 1.54) is 0 Å². The lowest BCUT2D eigenvalue weighted by Crippen LogP contribution is -2.26. The van der Waals surface area contributed by atoms with Gasteiger partial charge in [0.2, 0.25) is 0 Å². The molecule has 0 spiro atoms. The Morgan fingerprint density at radius 3 is 2.80 bits per heavy atom. The van der Waals surface area contributed by atoms with Gasteiger partial charge in [-0.3, -0.25) is 9.97 Å². The van der Waals surface area contributed by atoms with Crippen LogP contribution in [-0.4, -0.2) is 29.1 Å². The summed E-state index contributed by atoms with van der Waals surface area (Å²) in [6, 6.07) is 0.574. The number of hydrogen-bond donors (Lipinski definition) is 2. The van der Waals surface area contributed by atoms with Gasteiger partial charge < -0.3 is 10.6 Å². The van der Waals surface area contributed by atoms with E-state index in [-0.39, 0.29) is 0 Å². The summed E-state index contributed by atoms with van der Waals surface area (Å²) in [6.45, 7) is 7.19. The molecule has 0 saturated heterocycles. The second-order valence-corrected chi connectivity index (χ2v) is 3.84. The van der Waals surface area contributed by atoms with Gasteiger partial charge in [-0.25, -0.2) is 0 Å². The van der Waals surface area contributed by atoms with Crippen molar-refractivity contribution in [3.63, 3.8) is 0 Å². The number of aromatic nitrogens is 2. The maximum absolute atomic E-state index is 4.18. The van der Waals surface area contributed by atoms with Crippen LogP contribution in [-0.2, 0) is 6.54 Å². The summed E-state index contributed by atoms with van der Waals surface area (Å²) in [5.41, 5.74) is 0.995. The first-order valence-corrected chi connectivity index (χ1v) is 5.48. The molecule has 4 nitrogen and oxygen atoms in total. The fourth-order valence-corrected chi connectivity index (χ4v) is 1.24. The number of hydrogen-bond acceptors (Lipinski definition) is 4. The van der Waals surface area contributed by atoms with Gasteiger partial charge in [-0.2, -0.15) is 0 Å². The molecule has 1 heterocycles. The molecule has 1 aromatic heterocycles. The second kappa shape index (κ2) is 7.31. The Labute approximate surface area is 91.5 Å². The minimum absolute atomic E-state index is 0.574. The van der Waals surface area contributed by atoms with Gasteiger partial charge in [0.15, 0.2) is 0 Å². The van der Waals surface area contributed by atoms with Crippen molar-refractivity contribution in [3.8, 4) is 0 Å². The standard InChI is InChI=1S/C11H20N4/c1-10(2)14-5-3-4-12-8-11-9-13-6-7-15-11/h6-7,9-10,12,14H,3-5,8H2,1-2H3. The third-order valence-corrected chi connectivity index (χ3v) is 2.01. The quantitative estimate of drug-likeness (QED) is 0.655. The molecule has 4 heteroatoms. The fourth-order valence-electron chi connectivity index (χ4n) is 1.24. The molecular formula is C11H20N4. The SMILES string of the molecule is CC(C)NCCCNCc1cnccn1. The van der Waals surface area contributed by atoms with Gasteiger partial charge >= 0.3 is 0 Å². The zero-order valence-corrected chi connectivity index (χ0v) is 9.53. The average molecular weight is 208 g/mol. The third-order valence-electron chi connectivity index (χ3n) is 2.01. The molecule has 0 aliphatic rings. The Morgan fingerprint density at radius 2 is 2.13 bits per heavy atom. The minimum atomic E-state index is 0.574. The molecule has 0 radical (unpaired) electrons. The second-order valence-electron chi connectivity index (χ2n) is 3.84. The number of nitrogens with one attached hydrogen (secondary N) is 2. The van der Waals surface area contributed by atoms with Gasteiger partial charge in [-0.1, -0.05) is 13.8 Å². The molecule has 0 amide bonds. The van der Waals surface area contributed by atoms with Crippen LogP contribution < -0.4 is 10.6 Å². The van der Waals surface area contributed by atoms with Gasteiger partial charge in [0.25, 0.3) is 0 Å². The molecule has 0 aliphatic heterocycles. The molecule has 0 fully saturated rings. The summed E-state index contributed by atoms with van der Waals surface area (Å²) in [4.78, 5) is 8.19. The summed E-state index contributed by atoms with van der Waals surface area (Å²) < 4.78 is 0. The molecule has 1 aromatic rings. The van der Waals surface area contributed by atoms with E-state index in [1.807, 2.05) is 0 Å². The topological polar surface area (TPSA) is 49.8 Å². The van der Waals surface area contributed by atoms with Crippen molar-refractivity contribution in [1.29, 1.82) is 0 Å². The normalized spacial score (nSPS) is 10.9. The highest BCUT2D eigenvalue weighted by molar-refractivity contribution is 4.93. The lowest BCUT2D eigenvalue weighted by molar-refractivity contribution is 0.545. The first-order chi connectivity index (χ1) is 7.29. The van der Waals surface area contributed by atoms with Crippen molar-refractivity contribution in [2.24, 2.45) is 0 Å². The van der Waals surface area contributed by atoms with Crippen molar-refractivity contribution < 1.29 is 0 Å². The van der Waals surface area contributed by atoms with Crippen LogP contribution in [0.3, 0.4) is 0 Å². The van der Waals surface area contributed by atoms with Crippen LogP contribution in [0.4, 0.5) is 0 Å². The maximum atomic E-state index is 4.18. The fraction of sp³-hybridized carbons (Fsp3) is 0.636. The smallest absolute Gasteiger partial charge is 0.0724 e. The van der Waals surface area contributed by atoms with Crippen LogP contribution in [0.2, 0.25) is 0 Å². The van der Waals surface area contributed by atoms with Gasteiger partial charge in [-0.05, 0) is 19.5 Å². The molecule has 0 bridgehead atoms. The molecule has 15 heavy (non-hydrogen) atoms. The van der Waals surface area contributed by atoms with Crippen molar-refractivity contribution in [2.75, 3.05) is 13.1 Å². The molecule has 84 valence electrons. The summed E-state index contributed by atoms with van der Waals surface area (Å²) in [5.74, 6) is 0. The highest BCUT2D eigenvalue weighted by Gasteiger charge is 1.94. The van der Waals surface area contributed by atoms with Crippen molar-refractivity contribution in [1.82, 2.24) is 20.6 Å². The molecule has 0 aliphatic carbocycles. The van der Waals surface area contributed by atoms with Crippen molar-refractivity contribution in [2.45, 2.75) is 32.9 Å². The van der Waals surface area contributed by atoms with Crippen LogP contribution in [0.25, 0.3) is 0 Å². The molecule has 2 N–H and O–H groups in total. The van der Waals surface area contributed by atoms with E-state index in [4.69, 9.17) is 0 Å².